The largest absolute Gasteiger partial charge is 0.449 e. The van der Waals surface area contributed by atoms with E-state index in [1.807, 2.05) is 27.7 Å². The van der Waals surface area contributed by atoms with E-state index in [-0.39, 0.29) is 34.7 Å². The molecule has 0 saturated carbocycles. The second-order valence-electron chi connectivity index (χ2n) is 6.91. The number of hydrogen-bond acceptors (Lipinski definition) is 5. The van der Waals surface area contributed by atoms with Gasteiger partial charge in [0.2, 0.25) is 0 Å². The fourth-order valence-corrected chi connectivity index (χ4v) is 3.08. The van der Waals surface area contributed by atoms with E-state index in [2.05, 4.69) is 0 Å². The zero-order valence-corrected chi connectivity index (χ0v) is 15.9. The molecule has 7 heteroatoms. The third-order valence-electron chi connectivity index (χ3n) is 4.32. The van der Waals surface area contributed by atoms with Gasteiger partial charge in [-0.05, 0) is 52.8 Å². The van der Waals surface area contributed by atoms with Crippen LogP contribution < -0.4 is 0 Å². The zero-order valence-electron chi connectivity index (χ0n) is 15.9. The SMILES string of the molecule is CC(OC(=O)c1ccc2c(c1)C(=O)N(C)C2=O)C(=O)N(C(C)C)C(C)C. The van der Waals surface area contributed by atoms with E-state index in [4.69, 9.17) is 4.74 Å². The Bertz CT molecular complexity index is 761. The second-order valence-corrected chi connectivity index (χ2v) is 6.91. The third kappa shape index (κ3) is 3.47. The van der Waals surface area contributed by atoms with E-state index in [1.165, 1.54) is 32.2 Å². The number of ether oxygens (including phenoxy) is 1. The van der Waals surface area contributed by atoms with Crippen LogP contribution >= 0.6 is 0 Å². The predicted octanol–water partition coefficient (Wildman–Crippen LogP) is 2.10. The van der Waals surface area contributed by atoms with Crippen LogP contribution in [0.3, 0.4) is 0 Å². The number of nitrogens with zero attached hydrogens (tertiary/aromatic N) is 2. The summed E-state index contributed by atoms with van der Waals surface area (Å²) in [6.07, 6.45) is -0.958. The Labute approximate surface area is 152 Å². The van der Waals surface area contributed by atoms with Crippen molar-refractivity contribution in [3.63, 3.8) is 0 Å². The summed E-state index contributed by atoms with van der Waals surface area (Å²) in [7, 11) is 1.38. The fraction of sp³-hybridized carbons (Fsp3) is 0.474. The molecule has 0 radical (unpaired) electrons. The molecule has 0 spiro atoms. The van der Waals surface area contributed by atoms with Gasteiger partial charge in [-0.1, -0.05) is 0 Å². The first-order chi connectivity index (χ1) is 12.1. The lowest BCUT2D eigenvalue weighted by molar-refractivity contribution is -0.143. The molecular weight excluding hydrogens is 336 g/mol. The van der Waals surface area contributed by atoms with Gasteiger partial charge in [0.15, 0.2) is 6.10 Å². The van der Waals surface area contributed by atoms with Crippen LogP contribution in [-0.2, 0) is 9.53 Å². The first kappa shape index (κ1) is 19.6. The van der Waals surface area contributed by atoms with E-state index in [0.717, 1.165) is 4.90 Å². The summed E-state index contributed by atoms with van der Waals surface area (Å²) < 4.78 is 5.29. The molecule has 1 aliphatic rings. The molecule has 0 aromatic heterocycles. The molecule has 2 rings (SSSR count). The van der Waals surface area contributed by atoms with Crippen LogP contribution in [0, 0.1) is 0 Å². The standard InChI is InChI=1S/C19H24N2O5/c1-10(2)21(11(3)4)16(22)12(5)26-19(25)13-7-8-14-15(9-13)18(24)20(6)17(14)23/h7-12H,1-6H3. The van der Waals surface area contributed by atoms with Crippen molar-refractivity contribution >= 4 is 23.7 Å². The molecule has 1 aromatic carbocycles. The second kappa shape index (κ2) is 7.27. The Morgan fingerprint density at radius 1 is 0.962 bits per heavy atom. The average molecular weight is 360 g/mol. The fourth-order valence-electron chi connectivity index (χ4n) is 3.08. The number of rotatable bonds is 5. The first-order valence-electron chi connectivity index (χ1n) is 8.55. The number of amides is 3. The van der Waals surface area contributed by atoms with Gasteiger partial charge in [-0.2, -0.15) is 0 Å². The number of carbonyl (C=O) groups is 4. The lowest BCUT2D eigenvalue weighted by atomic mass is 10.1. The molecule has 0 saturated heterocycles. The highest BCUT2D eigenvalue weighted by Gasteiger charge is 2.34. The smallest absolute Gasteiger partial charge is 0.338 e. The first-order valence-corrected chi connectivity index (χ1v) is 8.55. The molecule has 3 amide bonds. The Morgan fingerprint density at radius 3 is 2.04 bits per heavy atom. The minimum absolute atomic E-state index is 0.0252. The maximum atomic E-state index is 12.6. The molecule has 0 bridgehead atoms. The molecule has 0 N–H and O–H groups in total. The molecule has 26 heavy (non-hydrogen) atoms. The van der Waals surface area contributed by atoms with Crippen LogP contribution in [0.4, 0.5) is 0 Å². The van der Waals surface area contributed by atoms with Crippen molar-refractivity contribution in [2.45, 2.75) is 52.8 Å². The van der Waals surface area contributed by atoms with E-state index in [9.17, 15) is 19.2 Å². The van der Waals surface area contributed by atoms with Crippen molar-refractivity contribution in [2.75, 3.05) is 7.05 Å². The van der Waals surface area contributed by atoms with E-state index < -0.39 is 23.9 Å². The normalized spacial score (nSPS) is 14.7. The Hall–Kier alpha value is -2.70. The molecule has 1 heterocycles. The minimum Gasteiger partial charge on any atom is -0.449 e. The summed E-state index contributed by atoms with van der Waals surface area (Å²) in [6.45, 7) is 9.10. The van der Waals surface area contributed by atoms with Crippen LogP contribution in [0.5, 0.6) is 0 Å². The number of fused-ring (bicyclic) bond motifs is 1. The van der Waals surface area contributed by atoms with Gasteiger partial charge in [-0.25, -0.2) is 4.79 Å². The van der Waals surface area contributed by atoms with Crippen LogP contribution in [0.15, 0.2) is 18.2 Å². The van der Waals surface area contributed by atoms with E-state index >= 15 is 0 Å². The molecule has 1 unspecified atom stereocenters. The number of benzene rings is 1. The van der Waals surface area contributed by atoms with Crippen molar-refractivity contribution < 1.29 is 23.9 Å². The average Bonchev–Trinajstić information content (AvgIpc) is 2.78. The van der Waals surface area contributed by atoms with Crippen molar-refractivity contribution in [2.24, 2.45) is 0 Å². The van der Waals surface area contributed by atoms with E-state index in [1.54, 1.807) is 4.90 Å². The van der Waals surface area contributed by atoms with E-state index in [0.29, 0.717) is 0 Å². The summed E-state index contributed by atoms with van der Waals surface area (Å²) in [6, 6.07) is 4.13. The Morgan fingerprint density at radius 2 is 1.50 bits per heavy atom. The highest BCUT2D eigenvalue weighted by molar-refractivity contribution is 6.21. The van der Waals surface area contributed by atoms with Crippen molar-refractivity contribution in [3.8, 4) is 0 Å². The van der Waals surface area contributed by atoms with Gasteiger partial charge in [-0.3, -0.25) is 19.3 Å². The Kier molecular flexibility index (Phi) is 5.49. The summed E-state index contributed by atoms with van der Waals surface area (Å²) in [5, 5.41) is 0. The summed E-state index contributed by atoms with van der Waals surface area (Å²) in [5.74, 6) is -1.86. The highest BCUT2D eigenvalue weighted by atomic mass is 16.5. The molecule has 1 aromatic rings. The molecule has 0 fully saturated rings. The molecule has 1 aliphatic heterocycles. The van der Waals surface area contributed by atoms with Gasteiger partial charge in [0.05, 0.1) is 16.7 Å². The number of hydrogen-bond donors (Lipinski definition) is 0. The zero-order chi connectivity index (χ0) is 19.8. The van der Waals surface area contributed by atoms with Gasteiger partial charge in [-0.15, -0.1) is 0 Å². The molecular formula is C19H24N2O5. The topological polar surface area (TPSA) is 84.0 Å². The van der Waals surface area contributed by atoms with Crippen LogP contribution in [0.25, 0.3) is 0 Å². The van der Waals surface area contributed by atoms with Crippen LogP contribution in [0.1, 0.15) is 65.7 Å². The summed E-state index contributed by atoms with van der Waals surface area (Å²) >= 11 is 0. The van der Waals surface area contributed by atoms with Gasteiger partial charge >= 0.3 is 5.97 Å². The number of carbonyl (C=O) groups excluding carboxylic acids is 4. The van der Waals surface area contributed by atoms with Gasteiger partial charge in [0.25, 0.3) is 17.7 Å². The summed E-state index contributed by atoms with van der Waals surface area (Å²) in [4.78, 5) is 51.5. The van der Waals surface area contributed by atoms with Crippen molar-refractivity contribution in [1.82, 2.24) is 9.80 Å². The summed E-state index contributed by atoms with van der Waals surface area (Å²) in [5.41, 5.74) is 0.543. The van der Waals surface area contributed by atoms with Crippen LogP contribution in [-0.4, -0.2) is 58.7 Å². The maximum absolute atomic E-state index is 12.6. The number of imide groups is 1. The quantitative estimate of drug-likeness (QED) is 0.593. The van der Waals surface area contributed by atoms with Gasteiger partial charge in [0.1, 0.15) is 0 Å². The van der Waals surface area contributed by atoms with Crippen molar-refractivity contribution in [3.05, 3.63) is 34.9 Å². The lowest BCUT2D eigenvalue weighted by Gasteiger charge is -2.32. The number of esters is 1. The maximum Gasteiger partial charge on any atom is 0.338 e. The lowest BCUT2D eigenvalue weighted by Crippen LogP contribution is -2.47. The van der Waals surface area contributed by atoms with Gasteiger partial charge in [0, 0.05) is 19.1 Å². The molecule has 7 nitrogen and oxygen atoms in total. The monoisotopic (exact) mass is 360 g/mol. The van der Waals surface area contributed by atoms with Crippen molar-refractivity contribution in [1.29, 1.82) is 0 Å². The third-order valence-corrected chi connectivity index (χ3v) is 4.32. The predicted molar refractivity (Wildman–Crippen MR) is 94.9 cm³/mol. The molecule has 1 atom stereocenters. The van der Waals surface area contributed by atoms with Gasteiger partial charge < -0.3 is 9.64 Å². The minimum atomic E-state index is -0.958. The Balaban J connectivity index is 2.17. The highest BCUT2D eigenvalue weighted by Crippen LogP contribution is 2.23. The molecule has 0 aliphatic carbocycles. The van der Waals surface area contributed by atoms with Crippen LogP contribution in [0.2, 0.25) is 0 Å². The molecule has 140 valence electrons.